The number of carboxylic acids is 2. The average Bonchev–Trinajstić information content (AvgIpc) is 3.30. The normalized spacial score (nSPS) is 11.2. The van der Waals surface area contributed by atoms with Crippen molar-refractivity contribution in [2.24, 2.45) is 0 Å². The summed E-state index contributed by atoms with van der Waals surface area (Å²) in [4.78, 5) is 34.9. The van der Waals surface area contributed by atoms with E-state index in [1.54, 1.807) is 47.8 Å². The van der Waals surface area contributed by atoms with Gasteiger partial charge in [0.2, 0.25) is 0 Å². The van der Waals surface area contributed by atoms with Gasteiger partial charge in [0, 0.05) is 17.2 Å². The molecule has 3 rings (SSSR count). The number of rotatable bonds is 6. The van der Waals surface area contributed by atoms with Crippen LogP contribution in [0.2, 0.25) is 0 Å². The van der Waals surface area contributed by atoms with Crippen LogP contribution in [0.1, 0.15) is 25.8 Å². The summed E-state index contributed by atoms with van der Waals surface area (Å²) in [7, 11) is 0. The Kier molecular flexibility index (Phi) is 5.18. The molecule has 0 aliphatic heterocycles. The van der Waals surface area contributed by atoms with Crippen LogP contribution in [0.5, 0.6) is 0 Å². The zero-order valence-corrected chi connectivity index (χ0v) is 14.5. The highest BCUT2D eigenvalue weighted by atomic mass is 32.1. The van der Waals surface area contributed by atoms with Gasteiger partial charge >= 0.3 is 11.9 Å². The van der Waals surface area contributed by atoms with Crippen LogP contribution >= 0.6 is 11.3 Å². The van der Waals surface area contributed by atoms with Gasteiger partial charge in [0.1, 0.15) is 22.1 Å². The van der Waals surface area contributed by atoms with E-state index in [0.29, 0.717) is 16.9 Å². The summed E-state index contributed by atoms with van der Waals surface area (Å²) in [5.74, 6) is -2.52. The lowest BCUT2D eigenvalue weighted by molar-refractivity contribution is -0.132. The van der Waals surface area contributed by atoms with Crippen LogP contribution in [-0.2, 0) is 4.79 Å². The minimum atomic E-state index is -1.33. The minimum absolute atomic E-state index is 0.121. The highest BCUT2D eigenvalue weighted by Crippen LogP contribution is 2.30. The molecular formula is C19H13NO6S. The fourth-order valence-electron chi connectivity index (χ4n) is 2.32. The first-order valence-corrected chi connectivity index (χ1v) is 8.56. The van der Waals surface area contributed by atoms with Crippen molar-refractivity contribution in [1.82, 2.24) is 5.32 Å². The zero-order valence-electron chi connectivity index (χ0n) is 13.7. The first-order chi connectivity index (χ1) is 13.0. The first-order valence-electron chi connectivity index (χ1n) is 7.68. The highest BCUT2D eigenvalue weighted by Gasteiger charge is 2.17. The monoisotopic (exact) mass is 383 g/mol. The Balaban J connectivity index is 1.86. The molecule has 0 radical (unpaired) electrons. The molecule has 0 aliphatic carbocycles. The van der Waals surface area contributed by atoms with Crippen LogP contribution in [0, 0.1) is 0 Å². The number of aliphatic carboxylic acids is 1. The van der Waals surface area contributed by atoms with Crippen molar-refractivity contribution in [1.29, 1.82) is 0 Å². The quantitative estimate of drug-likeness (QED) is 0.560. The number of amides is 1. The number of carbonyl (C=O) groups is 3. The molecule has 1 aromatic carbocycles. The molecule has 7 nitrogen and oxygen atoms in total. The van der Waals surface area contributed by atoms with Gasteiger partial charge in [-0.3, -0.25) is 4.79 Å². The highest BCUT2D eigenvalue weighted by molar-refractivity contribution is 7.12. The molecule has 1 amide bonds. The van der Waals surface area contributed by atoms with Crippen molar-refractivity contribution in [3.05, 3.63) is 75.8 Å². The number of nitrogens with one attached hydrogen (secondary N) is 1. The van der Waals surface area contributed by atoms with E-state index in [9.17, 15) is 24.6 Å². The number of hydrogen-bond acceptors (Lipinski definition) is 5. The molecule has 0 saturated carbocycles. The summed E-state index contributed by atoms with van der Waals surface area (Å²) in [6.07, 6.45) is 1.17. The lowest BCUT2D eigenvalue weighted by atomic mass is 10.2. The molecule has 0 saturated heterocycles. The summed E-state index contributed by atoms with van der Waals surface area (Å²) in [5, 5.41) is 22.5. The van der Waals surface area contributed by atoms with Crippen LogP contribution in [0.4, 0.5) is 0 Å². The van der Waals surface area contributed by atoms with Crippen molar-refractivity contribution in [2.75, 3.05) is 0 Å². The molecule has 3 aromatic rings. The van der Waals surface area contributed by atoms with Crippen molar-refractivity contribution in [3.8, 4) is 11.3 Å². The second kappa shape index (κ2) is 7.71. The largest absolute Gasteiger partial charge is 0.477 e. The third-order valence-electron chi connectivity index (χ3n) is 3.55. The number of aromatic carboxylic acids is 1. The molecule has 0 bridgehead atoms. The van der Waals surface area contributed by atoms with Crippen molar-refractivity contribution in [2.45, 2.75) is 0 Å². The Morgan fingerprint density at radius 1 is 1.00 bits per heavy atom. The minimum Gasteiger partial charge on any atom is -0.477 e. The standard InChI is InChI=1S/C19H13NO6S/c21-17(11-4-2-1-3-5-11)20-14(18(22)23)10-12-6-7-15(26-12)13-8-9-27-16(13)19(24)25/h1-10H,(H,20,21)(H,22,23)(H,24,25)/b14-10+. The molecule has 136 valence electrons. The van der Waals surface area contributed by atoms with Gasteiger partial charge in [-0.1, -0.05) is 18.2 Å². The third-order valence-corrected chi connectivity index (χ3v) is 4.46. The first kappa shape index (κ1) is 18.2. The Hall–Kier alpha value is -3.65. The SMILES string of the molecule is O=C(O)/C(=C\c1ccc(-c2ccsc2C(=O)O)o1)NC(=O)c1ccccc1. The predicted molar refractivity (Wildman–Crippen MR) is 98.5 cm³/mol. The number of carbonyl (C=O) groups excluding carboxylic acids is 1. The Labute approximate surface area is 157 Å². The van der Waals surface area contributed by atoms with Crippen molar-refractivity contribution < 1.29 is 29.0 Å². The zero-order chi connectivity index (χ0) is 19.4. The fourth-order valence-corrected chi connectivity index (χ4v) is 3.06. The van der Waals surface area contributed by atoms with E-state index < -0.39 is 17.8 Å². The number of thiophene rings is 1. The van der Waals surface area contributed by atoms with Gasteiger partial charge in [-0.05, 0) is 35.7 Å². The molecule has 3 N–H and O–H groups in total. The van der Waals surface area contributed by atoms with E-state index >= 15 is 0 Å². The van der Waals surface area contributed by atoms with Crippen molar-refractivity contribution in [3.63, 3.8) is 0 Å². The third kappa shape index (κ3) is 4.13. The van der Waals surface area contributed by atoms with Crippen LogP contribution in [0.15, 0.2) is 64.0 Å². The summed E-state index contributed by atoms with van der Waals surface area (Å²) < 4.78 is 5.54. The maximum Gasteiger partial charge on any atom is 0.352 e. The van der Waals surface area contributed by atoms with Crippen LogP contribution in [0.25, 0.3) is 17.4 Å². The predicted octanol–water partition coefficient (Wildman–Crippen LogP) is 3.56. The van der Waals surface area contributed by atoms with Crippen LogP contribution < -0.4 is 5.32 Å². The molecule has 8 heteroatoms. The van der Waals surface area contributed by atoms with E-state index in [0.717, 1.165) is 11.3 Å². The molecule has 0 aliphatic rings. The van der Waals surface area contributed by atoms with Gasteiger partial charge in [0.05, 0.1) is 0 Å². The number of hydrogen-bond donors (Lipinski definition) is 3. The van der Waals surface area contributed by atoms with Gasteiger partial charge < -0.3 is 19.9 Å². The molecule has 2 aromatic heterocycles. The molecular weight excluding hydrogens is 370 g/mol. The molecule has 0 unspecified atom stereocenters. The van der Waals surface area contributed by atoms with E-state index in [4.69, 9.17) is 4.42 Å². The number of furan rings is 1. The lowest BCUT2D eigenvalue weighted by Crippen LogP contribution is -2.27. The van der Waals surface area contributed by atoms with E-state index in [1.807, 2.05) is 0 Å². The molecule has 27 heavy (non-hydrogen) atoms. The topological polar surface area (TPSA) is 117 Å². The number of carboxylic acid groups (broad SMARTS) is 2. The average molecular weight is 383 g/mol. The van der Waals surface area contributed by atoms with Crippen molar-refractivity contribution >= 4 is 35.3 Å². The van der Waals surface area contributed by atoms with Gasteiger partial charge in [-0.25, -0.2) is 9.59 Å². The van der Waals surface area contributed by atoms with Gasteiger partial charge in [-0.2, -0.15) is 0 Å². The van der Waals surface area contributed by atoms with Crippen LogP contribution in [-0.4, -0.2) is 28.1 Å². The van der Waals surface area contributed by atoms with Crippen LogP contribution in [0.3, 0.4) is 0 Å². The summed E-state index contributed by atoms with van der Waals surface area (Å²) in [6.45, 7) is 0. The second-order valence-corrected chi connectivity index (χ2v) is 6.27. The smallest absolute Gasteiger partial charge is 0.352 e. The summed E-state index contributed by atoms with van der Waals surface area (Å²) in [5.41, 5.74) is 0.347. The number of benzene rings is 1. The maximum atomic E-state index is 12.2. The van der Waals surface area contributed by atoms with E-state index in [-0.39, 0.29) is 16.3 Å². The lowest BCUT2D eigenvalue weighted by Gasteiger charge is -2.05. The Bertz CT molecular complexity index is 1030. The molecule has 0 spiro atoms. The Morgan fingerprint density at radius 2 is 1.74 bits per heavy atom. The Morgan fingerprint density at radius 3 is 2.41 bits per heavy atom. The van der Waals surface area contributed by atoms with Gasteiger partial charge in [-0.15, -0.1) is 11.3 Å². The summed E-state index contributed by atoms with van der Waals surface area (Å²) in [6, 6.07) is 12.8. The molecule has 2 heterocycles. The second-order valence-electron chi connectivity index (χ2n) is 5.35. The van der Waals surface area contributed by atoms with E-state index in [2.05, 4.69) is 5.32 Å². The fraction of sp³-hybridized carbons (Fsp3) is 0. The molecule has 0 atom stereocenters. The van der Waals surface area contributed by atoms with E-state index in [1.165, 1.54) is 12.1 Å². The van der Waals surface area contributed by atoms with Gasteiger partial charge in [0.25, 0.3) is 5.91 Å². The molecule has 0 fully saturated rings. The van der Waals surface area contributed by atoms with Gasteiger partial charge in [0.15, 0.2) is 0 Å². The maximum absolute atomic E-state index is 12.2. The summed E-state index contributed by atoms with van der Waals surface area (Å²) >= 11 is 1.06.